The van der Waals surface area contributed by atoms with Crippen LogP contribution < -0.4 is 21.5 Å². The molecule has 0 amide bonds. The van der Waals surface area contributed by atoms with Gasteiger partial charge in [0.25, 0.3) is 0 Å². The van der Waals surface area contributed by atoms with Gasteiger partial charge in [-0.25, -0.2) is 24.7 Å². The second-order valence-electron chi connectivity index (χ2n) is 8.53. The average molecular weight is 482 g/mol. The Morgan fingerprint density at radius 2 is 1.89 bits per heavy atom. The summed E-state index contributed by atoms with van der Waals surface area (Å²) in [6.45, 7) is 0.567. The number of hydrogen-bond acceptors (Lipinski definition) is 8. The van der Waals surface area contributed by atoms with Gasteiger partial charge < -0.3 is 5.32 Å². The van der Waals surface area contributed by atoms with Gasteiger partial charge in [-0.3, -0.25) is 15.3 Å². The summed E-state index contributed by atoms with van der Waals surface area (Å²) in [5, 5.41) is 11.4. The Bertz CT molecular complexity index is 1470. The van der Waals surface area contributed by atoms with Crippen molar-refractivity contribution >= 4 is 17.0 Å². The van der Waals surface area contributed by atoms with Crippen molar-refractivity contribution in [3.63, 3.8) is 0 Å². The van der Waals surface area contributed by atoms with Gasteiger partial charge in [-0.05, 0) is 41.8 Å². The number of fused-ring (bicyclic) bond motifs is 1. The number of nitrogens with zero attached hydrogens (tertiary/aromatic N) is 5. The maximum atomic E-state index is 14.4. The second-order valence-corrected chi connectivity index (χ2v) is 8.53. The minimum Gasteiger partial charge on any atom is -0.336 e. The van der Waals surface area contributed by atoms with Crippen LogP contribution in [0.1, 0.15) is 23.6 Å². The summed E-state index contributed by atoms with van der Waals surface area (Å²) in [4.78, 5) is 12.9. The second kappa shape index (κ2) is 9.78. The number of nitrogens with one attached hydrogen (secondary N) is 4. The number of hydrogen-bond donors (Lipinski definition) is 4. The van der Waals surface area contributed by atoms with E-state index in [9.17, 15) is 4.39 Å². The van der Waals surface area contributed by atoms with Crippen LogP contribution in [0.15, 0.2) is 85.5 Å². The molecule has 10 heteroatoms. The van der Waals surface area contributed by atoms with Crippen molar-refractivity contribution in [2.45, 2.75) is 25.2 Å². The lowest BCUT2D eigenvalue weighted by Gasteiger charge is -2.14. The zero-order chi connectivity index (χ0) is 24.3. The highest BCUT2D eigenvalue weighted by Gasteiger charge is 2.25. The third kappa shape index (κ3) is 4.52. The van der Waals surface area contributed by atoms with Crippen LogP contribution in [0.2, 0.25) is 0 Å². The summed E-state index contributed by atoms with van der Waals surface area (Å²) < 4.78 is 16.2. The van der Waals surface area contributed by atoms with E-state index in [0.29, 0.717) is 23.9 Å². The Balaban J connectivity index is 1.29. The van der Waals surface area contributed by atoms with Crippen LogP contribution in [-0.4, -0.2) is 30.7 Å². The fourth-order valence-corrected chi connectivity index (χ4v) is 4.35. The van der Waals surface area contributed by atoms with E-state index >= 15 is 0 Å². The standard InChI is InChI=1S/C26H24FN9/c27-19-16-28-12-9-20(19)31-26-24-18(10-13-36(24)35-25(32-26)21-8-4-5-11-29-21)15-30-23-14-22(33-34-23)17-6-2-1-3-7-17/h1-13,16,22-23,30,33-34H,14-15H2,(H,28,31,32,35). The first-order valence-electron chi connectivity index (χ1n) is 11.7. The first-order chi connectivity index (χ1) is 17.7. The Morgan fingerprint density at radius 1 is 1.00 bits per heavy atom. The molecule has 0 radical (unpaired) electrons. The Kier molecular flexibility index (Phi) is 6.04. The molecular formula is C26H24FN9. The van der Waals surface area contributed by atoms with Crippen LogP contribution in [-0.2, 0) is 6.54 Å². The summed E-state index contributed by atoms with van der Waals surface area (Å²) in [6, 6.07) is 19.7. The summed E-state index contributed by atoms with van der Waals surface area (Å²) in [5.74, 6) is 0.452. The van der Waals surface area contributed by atoms with E-state index in [2.05, 4.69) is 48.7 Å². The highest BCUT2D eigenvalue weighted by atomic mass is 19.1. The van der Waals surface area contributed by atoms with E-state index in [-0.39, 0.29) is 17.9 Å². The average Bonchev–Trinajstić information content (AvgIpc) is 3.57. The fourth-order valence-electron chi connectivity index (χ4n) is 4.35. The third-order valence-electron chi connectivity index (χ3n) is 6.16. The van der Waals surface area contributed by atoms with Crippen LogP contribution in [0.4, 0.5) is 15.9 Å². The molecule has 180 valence electrons. The lowest BCUT2D eigenvalue weighted by molar-refractivity contribution is 0.458. The Morgan fingerprint density at radius 3 is 2.72 bits per heavy atom. The van der Waals surface area contributed by atoms with Gasteiger partial charge in [0.1, 0.15) is 11.2 Å². The minimum absolute atomic E-state index is 0.0768. The monoisotopic (exact) mass is 481 g/mol. The molecule has 0 saturated carbocycles. The molecule has 1 aliphatic heterocycles. The van der Waals surface area contributed by atoms with E-state index in [1.54, 1.807) is 16.8 Å². The molecule has 36 heavy (non-hydrogen) atoms. The molecule has 0 aliphatic carbocycles. The number of hydrazine groups is 1. The Labute approximate surface area is 206 Å². The van der Waals surface area contributed by atoms with Crippen LogP contribution >= 0.6 is 0 Å². The van der Waals surface area contributed by atoms with Crippen LogP contribution in [0.25, 0.3) is 17.0 Å². The molecule has 4 N–H and O–H groups in total. The van der Waals surface area contributed by atoms with Gasteiger partial charge in [0, 0.05) is 31.2 Å². The van der Waals surface area contributed by atoms with Gasteiger partial charge in [0.2, 0.25) is 5.82 Å². The van der Waals surface area contributed by atoms with Crippen molar-refractivity contribution in [1.29, 1.82) is 0 Å². The van der Waals surface area contributed by atoms with Gasteiger partial charge >= 0.3 is 0 Å². The molecule has 0 spiro atoms. The molecule has 9 nitrogen and oxygen atoms in total. The molecule has 2 unspecified atom stereocenters. The molecule has 4 aromatic heterocycles. The molecule has 0 bridgehead atoms. The predicted molar refractivity (Wildman–Crippen MR) is 134 cm³/mol. The van der Waals surface area contributed by atoms with Gasteiger partial charge in [0.15, 0.2) is 11.6 Å². The number of aromatic nitrogens is 5. The summed E-state index contributed by atoms with van der Waals surface area (Å²) in [6.07, 6.45) is 7.24. The molecule has 5 heterocycles. The van der Waals surface area contributed by atoms with Crippen LogP contribution in [0.3, 0.4) is 0 Å². The number of rotatable bonds is 7. The molecule has 1 saturated heterocycles. The lowest BCUT2D eigenvalue weighted by Crippen LogP contribution is -2.40. The first-order valence-corrected chi connectivity index (χ1v) is 11.7. The summed E-state index contributed by atoms with van der Waals surface area (Å²) in [5.41, 5.74) is 10.6. The quantitative estimate of drug-likeness (QED) is 0.279. The maximum absolute atomic E-state index is 14.4. The topological polar surface area (TPSA) is 104 Å². The van der Waals surface area contributed by atoms with Gasteiger partial charge in [0.05, 0.1) is 18.1 Å². The Hall–Kier alpha value is -4.25. The number of benzene rings is 1. The van der Waals surface area contributed by atoms with Crippen LogP contribution in [0, 0.1) is 5.82 Å². The SMILES string of the molecule is Fc1cnccc1Nc1nc(-c2ccccn2)nn2ccc(CNC3CC(c4ccccc4)NN3)c12. The van der Waals surface area contributed by atoms with Gasteiger partial charge in [-0.2, -0.15) is 0 Å². The predicted octanol–water partition coefficient (Wildman–Crippen LogP) is 3.72. The highest BCUT2D eigenvalue weighted by Crippen LogP contribution is 2.27. The van der Waals surface area contributed by atoms with Crippen molar-refractivity contribution in [2.75, 3.05) is 5.32 Å². The number of anilines is 2. The van der Waals surface area contributed by atoms with E-state index in [1.165, 1.54) is 18.0 Å². The normalized spacial score (nSPS) is 17.5. The molecule has 1 aliphatic rings. The molecule has 2 atom stereocenters. The fraction of sp³-hybridized carbons (Fsp3) is 0.154. The molecule has 1 fully saturated rings. The highest BCUT2D eigenvalue weighted by molar-refractivity contribution is 5.78. The number of halogens is 1. The van der Waals surface area contributed by atoms with E-state index < -0.39 is 5.82 Å². The van der Waals surface area contributed by atoms with E-state index in [4.69, 9.17) is 4.98 Å². The summed E-state index contributed by atoms with van der Waals surface area (Å²) in [7, 11) is 0. The maximum Gasteiger partial charge on any atom is 0.200 e. The lowest BCUT2D eigenvalue weighted by atomic mass is 10.0. The zero-order valence-electron chi connectivity index (χ0n) is 19.3. The molecule has 6 rings (SSSR count). The van der Waals surface area contributed by atoms with Crippen molar-refractivity contribution in [1.82, 2.24) is 40.7 Å². The van der Waals surface area contributed by atoms with Crippen LogP contribution in [0.5, 0.6) is 0 Å². The third-order valence-corrected chi connectivity index (χ3v) is 6.16. The number of pyridine rings is 2. The van der Waals surface area contributed by atoms with Crippen molar-refractivity contribution in [3.05, 3.63) is 102 Å². The first kappa shape index (κ1) is 22.2. The summed E-state index contributed by atoms with van der Waals surface area (Å²) >= 11 is 0. The van der Waals surface area contributed by atoms with E-state index in [1.807, 2.05) is 48.7 Å². The smallest absolute Gasteiger partial charge is 0.200 e. The molecule has 1 aromatic carbocycles. The zero-order valence-corrected chi connectivity index (χ0v) is 19.3. The molecule has 5 aromatic rings. The van der Waals surface area contributed by atoms with E-state index in [0.717, 1.165) is 17.5 Å². The van der Waals surface area contributed by atoms with Crippen molar-refractivity contribution in [3.8, 4) is 11.5 Å². The largest absolute Gasteiger partial charge is 0.336 e. The van der Waals surface area contributed by atoms with Gasteiger partial charge in [-0.15, -0.1) is 5.10 Å². The minimum atomic E-state index is -0.465. The van der Waals surface area contributed by atoms with Gasteiger partial charge in [-0.1, -0.05) is 36.4 Å². The van der Waals surface area contributed by atoms with Crippen molar-refractivity contribution < 1.29 is 4.39 Å². The molecular weight excluding hydrogens is 457 g/mol. The van der Waals surface area contributed by atoms with Crippen molar-refractivity contribution in [2.24, 2.45) is 0 Å².